The lowest BCUT2D eigenvalue weighted by molar-refractivity contribution is 0.0947. The Morgan fingerprint density at radius 2 is 2.20 bits per heavy atom. The maximum atomic E-state index is 12.0. The zero-order valence-electron chi connectivity index (χ0n) is 11.9. The number of nitrogens with zero attached hydrogens (tertiary/aromatic N) is 2. The second-order valence-corrected chi connectivity index (χ2v) is 5.37. The molecule has 1 aliphatic rings. The van der Waals surface area contributed by atoms with E-state index in [-0.39, 0.29) is 5.91 Å². The molecule has 106 valence electrons. The number of likely N-dealkylation sites (N-methyl/N-ethyl adjacent to an activating group) is 1. The van der Waals surface area contributed by atoms with Gasteiger partial charge in [0.2, 0.25) is 0 Å². The maximum Gasteiger partial charge on any atom is 0.251 e. The summed E-state index contributed by atoms with van der Waals surface area (Å²) < 4.78 is 0. The fraction of sp³-hybridized carbons (Fsp3) is 0.500. The van der Waals surface area contributed by atoms with Gasteiger partial charge in [-0.05, 0) is 38.1 Å². The second-order valence-electron chi connectivity index (χ2n) is 5.37. The van der Waals surface area contributed by atoms with Crippen LogP contribution in [0.25, 0.3) is 0 Å². The summed E-state index contributed by atoms with van der Waals surface area (Å²) in [5.41, 5.74) is 1.06. The van der Waals surface area contributed by atoms with E-state index in [1.54, 1.807) is 24.3 Å². The van der Waals surface area contributed by atoms with Crippen LogP contribution in [-0.4, -0.2) is 37.0 Å². The van der Waals surface area contributed by atoms with Gasteiger partial charge < -0.3 is 10.2 Å². The molecule has 0 aromatic heterocycles. The largest absolute Gasteiger partial charge is 0.351 e. The number of hydrogen-bond donors (Lipinski definition) is 1. The van der Waals surface area contributed by atoms with E-state index in [2.05, 4.69) is 17.3 Å². The molecule has 2 rings (SSSR count). The summed E-state index contributed by atoms with van der Waals surface area (Å²) in [4.78, 5) is 14.3. The highest BCUT2D eigenvalue weighted by Crippen LogP contribution is 2.21. The standard InChI is InChI=1S/C16H21N3O/c1-19(15-7-2-3-8-15)10-9-18-16(20)14-6-4-5-13(11-14)12-17/h4-6,11,15H,2-3,7-10H2,1H3,(H,18,20). The summed E-state index contributed by atoms with van der Waals surface area (Å²) >= 11 is 0. The third-order valence-electron chi connectivity index (χ3n) is 3.95. The van der Waals surface area contributed by atoms with Crippen molar-refractivity contribution in [3.05, 3.63) is 35.4 Å². The van der Waals surface area contributed by atoms with Gasteiger partial charge in [-0.15, -0.1) is 0 Å². The molecular weight excluding hydrogens is 250 g/mol. The van der Waals surface area contributed by atoms with Crippen molar-refractivity contribution in [2.75, 3.05) is 20.1 Å². The van der Waals surface area contributed by atoms with Crippen LogP contribution in [0.5, 0.6) is 0 Å². The molecule has 0 aliphatic heterocycles. The van der Waals surface area contributed by atoms with E-state index < -0.39 is 0 Å². The predicted octanol–water partition coefficient (Wildman–Crippen LogP) is 2.16. The molecule has 1 aromatic rings. The number of nitrogens with one attached hydrogen (secondary N) is 1. The minimum Gasteiger partial charge on any atom is -0.351 e. The summed E-state index contributed by atoms with van der Waals surface area (Å²) in [5.74, 6) is -0.109. The van der Waals surface area contributed by atoms with Crippen molar-refractivity contribution in [2.45, 2.75) is 31.7 Å². The Morgan fingerprint density at radius 3 is 2.90 bits per heavy atom. The first-order chi connectivity index (χ1) is 9.70. The molecule has 0 atom stereocenters. The molecule has 4 nitrogen and oxygen atoms in total. The van der Waals surface area contributed by atoms with E-state index in [9.17, 15) is 4.79 Å². The highest BCUT2D eigenvalue weighted by molar-refractivity contribution is 5.94. The normalized spacial score (nSPS) is 15.2. The van der Waals surface area contributed by atoms with Crippen LogP contribution in [0.15, 0.2) is 24.3 Å². The summed E-state index contributed by atoms with van der Waals surface area (Å²) in [5, 5.41) is 11.7. The van der Waals surface area contributed by atoms with Crippen molar-refractivity contribution in [1.82, 2.24) is 10.2 Å². The van der Waals surface area contributed by atoms with Crippen LogP contribution in [0.3, 0.4) is 0 Å². The molecule has 0 heterocycles. The summed E-state index contributed by atoms with van der Waals surface area (Å²) in [6.07, 6.45) is 5.19. The van der Waals surface area contributed by atoms with Crippen LogP contribution in [0.2, 0.25) is 0 Å². The molecule has 1 aliphatic carbocycles. The molecule has 1 amide bonds. The fourth-order valence-electron chi connectivity index (χ4n) is 2.71. The molecular formula is C16H21N3O. The fourth-order valence-corrected chi connectivity index (χ4v) is 2.71. The first-order valence-electron chi connectivity index (χ1n) is 7.19. The average molecular weight is 271 g/mol. The van der Waals surface area contributed by atoms with E-state index >= 15 is 0 Å². The smallest absolute Gasteiger partial charge is 0.251 e. The van der Waals surface area contributed by atoms with Crippen molar-refractivity contribution >= 4 is 5.91 Å². The van der Waals surface area contributed by atoms with Gasteiger partial charge in [-0.3, -0.25) is 4.79 Å². The average Bonchev–Trinajstić information content (AvgIpc) is 3.01. The highest BCUT2D eigenvalue weighted by Gasteiger charge is 2.19. The molecule has 0 spiro atoms. The Bertz CT molecular complexity index is 501. The van der Waals surface area contributed by atoms with Crippen LogP contribution in [0.1, 0.15) is 41.6 Å². The molecule has 1 fully saturated rings. The zero-order valence-corrected chi connectivity index (χ0v) is 11.9. The Labute approximate surface area is 120 Å². The van der Waals surface area contributed by atoms with Gasteiger partial charge in [-0.25, -0.2) is 0 Å². The van der Waals surface area contributed by atoms with Gasteiger partial charge in [0.05, 0.1) is 11.6 Å². The number of carbonyl (C=O) groups excluding carboxylic acids is 1. The van der Waals surface area contributed by atoms with E-state index in [0.717, 1.165) is 6.54 Å². The molecule has 1 saturated carbocycles. The second kappa shape index (κ2) is 7.06. The first-order valence-corrected chi connectivity index (χ1v) is 7.19. The van der Waals surface area contributed by atoms with Gasteiger partial charge in [0.25, 0.3) is 5.91 Å². The molecule has 0 unspecified atom stereocenters. The minimum absolute atomic E-state index is 0.109. The lowest BCUT2D eigenvalue weighted by atomic mass is 10.1. The number of hydrogen-bond acceptors (Lipinski definition) is 3. The summed E-state index contributed by atoms with van der Waals surface area (Å²) in [6, 6.07) is 9.51. The van der Waals surface area contributed by atoms with Crippen LogP contribution < -0.4 is 5.32 Å². The van der Waals surface area contributed by atoms with Crippen LogP contribution in [-0.2, 0) is 0 Å². The highest BCUT2D eigenvalue weighted by atomic mass is 16.1. The number of rotatable bonds is 5. The van der Waals surface area contributed by atoms with Crippen molar-refractivity contribution in [3.8, 4) is 6.07 Å². The van der Waals surface area contributed by atoms with Gasteiger partial charge in [0.1, 0.15) is 0 Å². The van der Waals surface area contributed by atoms with Gasteiger partial charge in [0.15, 0.2) is 0 Å². The lowest BCUT2D eigenvalue weighted by Crippen LogP contribution is -2.37. The van der Waals surface area contributed by atoms with Crippen LogP contribution in [0.4, 0.5) is 0 Å². The van der Waals surface area contributed by atoms with E-state index in [0.29, 0.717) is 23.7 Å². The van der Waals surface area contributed by atoms with E-state index in [1.807, 2.05) is 6.07 Å². The third kappa shape index (κ3) is 3.82. The maximum absolute atomic E-state index is 12.0. The lowest BCUT2D eigenvalue weighted by Gasteiger charge is -2.23. The Hall–Kier alpha value is -1.86. The molecule has 0 radical (unpaired) electrons. The van der Waals surface area contributed by atoms with Gasteiger partial charge in [-0.1, -0.05) is 18.9 Å². The number of carbonyl (C=O) groups is 1. The molecule has 1 N–H and O–H groups in total. The van der Waals surface area contributed by atoms with E-state index in [4.69, 9.17) is 5.26 Å². The molecule has 0 saturated heterocycles. The molecule has 1 aromatic carbocycles. The van der Waals surface area contributed by atoms with Crippen LogP contribution >= 0.6 is 0 Å². The quantitative estimate of drug-likeness (QED) is 0.893. The van der Waals surface area contributed by atoms with Crippen LogP contribution in [0, 0.1) is 11.3 Å². The predicted molar refractivity (Wildman–Crippen MR) is 78.4 cm³/mol. The first kappa shape index (κ1) is 14.5. The Morgan fingerprint density at radius 1 is 1.45 bits per heavy atom. The molecule has 4 heteroatoms. The van der Waals surface area contributed by atoms with Gasteiger partial charge in [0, 0.05) is 24.7 Å². The van der Waals surface area contributed by atoms with E-state index in [1.165, 1.54) is 25.7 Å². The number of amides is 1. The van der Waals surface area contributed by atoms with Crippen molar-refractivity contribution in [2.24, 2.45) is 0 Å². The van der Waals surface area contributed by atoms with Gasteiger partial charge >= 0.3 is 0 Å². The monoisotopic (exact) mass is 271 g/mol. The molecule has 0 bridgehead atoms. The zero-order chi connectivity index (χ0) is 14.4. The van der Waals surface area contributed by atoms with Crippen molar-refractivity contribution in [1.29, 1.82) is 5.26 Å². The number of nitriles is 1. The van der Waals surface area contributed by atoms with Crippen molar-refractivity contribution in [3.63, 3.8) is 0 Å². The summed E-state index contributed by atoms with van der Waals surface area (Å²) in [7, 11) is 2.12. The Balaban J connectivity index is 1.78. The molecule has 20 heavy (non-hydrogen) atoms. The minimum atomic E-state index is -0.109. The SMILES string of the molecule is CN(CCNC(=O)c1cccc(C#N)c1)C1CCCC1. The third-order valence-corrected chi connectivity index (χ3v) is 3.95. The Kier molecular flexibility index (Phi) is 5.14. The topological polar surface area (TPSA) is 56.1 Å². The summed E-state index contributed by atoms with van der Waals surface area (Å²) in [6.45, 7) is 1.51. The van der Waals surface area contributed by atoms with Gasteiger partial charge in [-0.2, -0.15) is 5.26 Å². The number of benzene rings is 1. The van der Waals surface area contributed by atoms with Crippen molar-refractivity contribution < 1.29 is 4.79 Å².